The number of hydrogen-bond donors (Lipinski definition) is 3. The Balaban J connectivity index is 2.32. The zero-order valence-electron chi connectivity index (χ0n) is 12.7. The summed E-state index contributed by atoms with van der Waals surface area (Å²) >= 11 is 0. The van der Waals surface area contributed by atoms with Gasteiger partial charge in [-0.25, -0.2) is 4.79 Å². The van der Waals surface area contributed by atoms with Gasteiger partial charge in [0.25, 0.3) is 0 Å². The molecule has 0 saturated carbocycles. The number of phenolic OH excluding ortho intramolecular Hbond substituents is 1. The van der Waals surface area contributed by atoms with Crippen LogP contribution in [0, 0.1) is 5.41 Å². The second kappa shape index (κ2) is 5.56. The largest absolute Gasteiger partial charge is 0.508 e. The predicted molar refractivity (Wildman–Crippen MR) is 79.4 cm³/mol. The first-order valence-corrected chi connectivity index (χ1v) is 7.18. The fourth-order valence-corrected chi connectivity index (χ4v) is 3.27. The first kappa shape index (κ1) is 15.6. The molecule has 0 bridgehead atoms. The Kier molecular flexibility index (Phi) is 4.14. The summed E-state index contributed by atoms with van der Waals surface area (Å²) in [5.74, 6) is 0.0639. The van der Waals surface area contributed by atoms with Gasteiger partial charge in [0.05, 0.1) is 12.1 Å². The summed E-state index contributed by atoms with van der Waals surface area (Å²) in [5.41, 5.74) is 0.576. The molecule has 21 heavy (non-hydrogen) atoms. The second-order valence-corrected chi connectivity index (χ2v) is 6.76. The molecule has 3 N–H and O–H groups in total. The Morgan fingerprint density at radius 2 is 1.81 bits per heavy atom. The van der Waals surface area contributed by atoms with Crippen LogP contribution in [0.3, 0.4) is 0 Å². The Hall–Kier alpha value is -1.75. The number of aliphatic hydroxyl groups excluding tert-OH is 1. The number of aliphatic hydroxyl groups is 1. The van der Waals surface area contributed by atoms with Gasteiger partial charge in [-0.2, -0.15) is 0 Å². The molecule has 3 atom stereocenters. The fourth-order valence-electron chi connectivity index (χ4n) is 3.27. The van der Waals surface area contributed by atoms with Crippen molar-refractivity contribution in [3.63, 3.8) is 0 Å². The number of carbonyl (C=O) groups is 1. The summed E-state index contributed by atoms with van der Waals surface area (Å²) < 4.78 is 0. The standard InChI is InChI=1S/C16H23NO4/c1-16(2,3)14-13(19)12(8-9-17(14)15(20)21)10-4-6-11(18)7-5-10/h4-7,12-14,18-19H,8-9H2,1-3H3,(H,20,21)/t12-,13-,14?/m0/s1. The minimum Gasteiger partial charge on any atom is -0.508 e. The summed E-state index contributed by atoms with van der Waals surface area (Å²) in [6.07, 6.45) is -1.18. The molecule has 2 rings (SSSR count). The number of phenols is 1. The lowest BCUT2D eigenvalue weighted by atomic mass is 9.73. The molecule has 1 saturated heterocycles. The molecule has 1 aliphatic rings. The number of amides is 1. The van der Waals surface area contributed by atoms with Crippen LogP contribution in [0.5, 0.6) is 5.75 Å². The van der Waals surface area contributed by atoms with Crippen molar-refractivity contribution in [2.75, 3.05) is 6.54 Å². The van der Waals surface area contributed by atoms with E-state index in [-0.39, 0.29) is 17.1 Å². The van der Waals surface area contributed by atoms with Gasteiger partial charge in [0, 0.05) is 12.5 Å². The third kappa shape index (κ3) is 3.13. The number of piperidine rings is 1. The summed E-state index contributed by atoms with van der Waals surface area (Å²) in [5, 5.41) is 29.5. The zero-order valence-corrected chi connectivity index (χ0v) is 12.7. The molecule has 5 nitrogen and oxygen atoms in total. The number of likely N-dealkylation sites (tertiary alicyclic amines) is 1. The van der Waals surface area contributed by atoms with Crippen molar-refractivity contribution in [1.82, 2.24) is 4.90 Å². The molecular formula is C16H23NO4. The van der Waals surface area contributed by atoms with Crippen LogP contribution in [-0.4, -0.2) is 45.0 Å². The number of hydrogen-bond acceptors (Lipinski definition) is 3. The quantitative estimate of drug-likeness (QED) is 0.743. The average molecular weight is 293 g/mol. The minimum atomic E-state index is -0.988. The molecule has 1 heterocycles. The second-order valence-electron chi connectivity index (χ2n) is 6.76. The van der Waals surface area contributed by atoms with E-state index < -0.39 is 18.2 Å². The molecule has 1 fully saturated rings. The van der Waals surface area contributed by atoms with E-state index in [1.807, 2.05) is 20.8 Å². The monoisotopic (exact) mass is 293 g/mol. The van der Waals surface area contributed by atoms with Gasteiger partial charge in [-0.1, -0.05) is 32.9 Å². The van der Waals surface area contributed by atoms with Crippen LogP contribution in [0.2, 0.25) is 0 Å². The van der Waals surface area contributed by atoms with Crippen molar-refractivity contribution >= 4 is 6.09 Å². The predicted octanol–water partition coefficient (Wildman–Crippen LogP) is 2.64. The van der Waals surface area contributed by atoms with Crippen LogP contribution in [0.4, 0.5) is 4.79 Å². The topological polar surface area (TPSA) is 81.0 Å². The van der Waals surface area contributed by atoms with Gasteiger partial charge in [-0.05, 0) is 29.5 Å². The van der Waals surface area contributed by atoms with Crippen molar-refractivity contribution < 1.29 is 20.1 Å². The molecule has 0 spiro atoms. The van der Waals surface area contributed by atoms with Gasteiger partial charge in [0.2, 0.25) is 0 Å². The molecular weight excluding hydrogens is 270 g/mol. The van der Waals surface area contributed by atoms with E-state index in [0.717, 1.165) is 5.56 Å². The summed E-state index contributed by atoms with van der Waals surface area (Å²) in [6.45, 7) is 6.22. The highest BCUT2D eigenvalue weighted by Gasteiger charge is 2.45. The lowest BCUT2D eigenvalue weighted by molar-refractivity contribution is -0.0430. The van der Waals surface area contributed by atoms with Crippen LogP contribution in [0.25, 0.3) is 0 Å². The number of aromatic hydroxyl groups is 1. The summed E-state index contributed by atoms with van der Waals surface area (Å²) in [4.78, 5) is 12.8. The molecule has 1 amide bonds. The van der Waals surface area contributed by atoms with E-state index in [1.165, 1.54) is 4.90 Å². The number of nitrogens with zero attached hydrogens (tertiary/aromatic N) is 1. The van der Waals surface area contributed by atoms with Crippen molar-refractivity contribution in [3.8, 4) is 5.75 Å². The van der Waals surface area contributed by atoms with E-state index in [2.05, 4.69) is 0 Å². The number of carboxylic acid groups (broad SMARTS) is 1. The average Bonchev–Trinajstić information content (AvgIpc) is 2.38. The molecule has 0 aliphatic carbocycles. The highest BCUT2D eigenvalue weighted by molar-refractivity contribution is 5.66. The third-order valence-corrected chi connectivity index (χ3v) is 4.21. The molecule has 1 aliphatic heterocycles. The molecule has 0 radical (unpaired) electrons. The van der Waals surface area contributed by atoms with Crippen molar-refractivity contribution in [2.45, 2.75) is 45.3 Å². The maximum absolute atomic E-state index is 11.4. The number of rotatable bonds is 1. The first-order chi connectivity index (χ1) is 9.71. The molecule has 1 unspecified atom stereocenters. The van der Waals surface area contributed by atoms with E-state index >= 15 is 0 Å². The van der Waals surface area contributed by atoms with E-state index in [1.54, 1.807) is 24.3 Å². The lowest BCUT2D eigenvalue weighted by Crippen LogP contribution is -2.58. The Morgan fingerprint density at radius 3 is 2.29 bits per heavy atom. The molecule has 1 aromatic rings. The van der Waals surface area contributed by atoms with Gasteiger partial charge in [-0.15, -0.1) is 0 Å². The SMILES string of the molecule is CC(C)(C)C1[C@@H](O)[C@H](c2ccc(O)cc2)CCN1C(=O)O. The van der Waals surface area contributed by atoms with Crippen LogP contribution in [-0.2, 0) is 0 Å². The fraction of sp³-hybridized carbons (Fsp3) is 0.562. The van der Waals surface area contributed by atoms with Gasteiger partial charge in [-0.3, -0.25) is 0 Å². The van der Waals surface area contributed by atoms with Crippen molar-refractivity contribution in [1.29, 1.82) is 0 Å². The normalized spacial score (nSPS) is 26.7. The minimum absolute atomic E-state index is 0.120. The van der Waals surface area contributed by atoms with Gasteiger partial charge >= 0.3 is 6.09 Å². The van der Waals surface area contributed by atoms with Gasteiger partial charge < -0.3 is 20.2 Å². The van der Waals surface area contributed by atoms with Crippen molar-refractivity contribution in [3.05, 3.63) is 29.8 Å². The van der Waals surface area contributed by atoms with Crippen LogP contribution in [0.1, 0.15) is 38.7 Å². The Morgan fingerprint density at radius 1 is 1.24 bits per heavy atom. The Labute approximate surface area is 124 Å². The Bertz CT molecular complexity index is 506. The van der Waals surface area contributed by atoms with Crippen LogP contribution in [0.15, 0.2) is 24.3 Å². The first-order valence-electron chi connectivity index (χ1n) is 7.18. The highest BCUT2D eigenvalue weighted by atomic mass is 16.4. The maximum Gasteiger partial charge on any atom is 0.407 e. The van der Waals surface area contributed by atoms with E-state index in [0.29, 0.717) is 13.0 Å². The van der Waals surface area contributed by atoms with Gasteiger partial charge in [0.1, 0.15) is 5.75 Å². The summed E-state index contributed by atoms with van der Waals surface area (Å²) in [6, 6.07) is 6.32. The molecule has 0 aromatic heterocycles. The summed E-state index contributed by atoms with van der Waals surface area (Å²) in [7, 11) is 0. The van der Waals surface area contributed by atoms with Crippen molar-refractivity contribution in [2.24, 2.45) is 5.41 Å². The molecule has 116 valence electrons. The van der Waals surface area contributed by atoms with E-state index in [4.69, 9.17) is 0 Å². The lowest BCUT2D eigenvalue weighted by Gasteiger charge is -2.48. The maximum atomic E-state index is 11.4. The molecule has 5 heteroatoms. The third-order valence-electron chi connectivity index (χ3n) is 4.21. The smallest absolute Gasteiger partial charge is 0.407 e. The molecule has 1 aromatic carbocycles. The van der Waals surface area contributed by atoms with Crippen LogP contribution >= 0.6 is 0 Å². The highest BCUT2D eigenvalue weighted by Crippen LogP contribution is 2.39. The number of benzene rings is 1. The zero-order chi connectivity index (χ0) is 15.8. The van der Waals surface area contributed by atoms with Gasteiger partial charge in [0.15, 0.2) is 0 Å². The van der Waals surface area contributed by atoms with Crippen LogP contribution < -0.4 is 0 Å². The van der Waals surface area contributed by atoms with E-state index in [9.17, 15) is 20.1 Å².